The normalized spacial score (nSPS) is 10.3. The summed E-state index contributed by atoms with van der Waals surface area (Å²) >= 11 is 3.31. The maximum Gasteiger partial charge on any atom is 0.146 e. The second-order valence-electron chi connectivity index (χ2n) is 3.74. The van der Waals surface area contributed by atoms with Gasteiger partial charge in [0, 0.05) is 10.7 Å². The molecule has 88 valence electrons. The van der Waals surface area contributed by atoms with E-state index in [2.05, 4.69) is 26.2 Å². The van der Waals surface area contributed by atoms with Gasteiger partial charge in [0.2, 0.25) is 0 Å². The van der Waals surface area contributed by atoms with E-state index in [-0.39, 0.29) is 5.82 Å². The van der Waals surface area contributed by atoms with Crippen molar-refractivity contribution in [2.24, 2.45) is 0 Å². The number of rotatable bonds is 3. The lowest BCUT2D eigenvalue weighted by Crippen LogP contribution is -2.04. The fourth-order valence-corrected chi connectivity index (χ4v) is 1.88. The first-order valence-electron chi connectivity index (χ1n) is 5.26. The van der Waals surface area contributed by atoms with Crippen molar-refractivity contribution in [2.45, 2.75) is 13.5 Å². The Hall–Kier alpha value is -1.42. The maximum atomic E-state index is 13.5. The van der Waals surface area contributed by atoms with Crippen LogP contribution in [0, 0.1) is 12.7 Å². The van der Waals surface area contributed by atoms with Crippen molar-refractivity contribution in [2.75, 3.05) is 5.32 Å². The molecule has 17 heavy (non-hydrogen) atoms. The summed E-state index contributed by atoms with van der Waals surface area (Å²) in [5.41, 5.74) is 2.49. The van der Waals surface area contributed by atoms with Crippen LogP contribution >= 0.6 is 15.9 Å². The molecule has 2 aromatic rings. The SMILES string of the molecule is Cc1cccnc1CNc1cc(Br)ccc1F. The molecule has 0 aliphatic rings. The van der Waals surface area contributed by atoms with E-state index in [0.29, 0.717) is 12.2 Å². The summed E-state index contributed by atoms with van der Waals surface area (Å²) < 4.78 is 14.3. The monoisotopic (exact) mass is 294 g/mol. The zero-order valence-electron chi connectivity index (χ0n) is 9.37. The molecule has 1 aromatic heterocycles. The Bertz CT molecular complexity index is 529. The van der Waals surface area contributed by atoms with Gasteiger partial charge in [-0.3, -0.25) is 4.98 Å². The van der Waals surface area contributed by atoms with Crippen molar-refractivity contribution in [1.82, 2.24) is 4.98 Å². The van der Waals surface area contributed by atoms with Gasteiger partial charge in [-0.1, -0.05) is 22.0 Å². The number of anilines is 1. The lowest BCUT2D eigenvalue weighted by atomic mass is 10.2. The molecule has 0 fully saturated rings. The van der Waals surface area contributed by atoms with Crippen LogP contribution < -0.4 is 5.32 Å². The minimum Gasteiger partial charge on any atom is -0.377 e. The van der Waals surface area contributed by atoms with Crippen molar-refractivity contribution in [3.05, 3.63) is 58.1 Å². The third-order valence-corrected chi connectivity index (χ3v) is 2.99. The number of hydrogen-bond acceptors (Lipinski definition) is 2. The molecule has 1 aromatic carbocycles. The van der Waals surface area contributed by atoms with Gasteiger partial charge in [0.15, 0.2) is 0 Å². The smallest absolute Gasteiger partial charge is 0.146 e. The molecule has 0 bridgehead atoms. The Morgan fingerprint density at radius 3 is 2.94 bits per heavy atom. The predicted molar refractivity (Wildman–Crippen MR) is 70.4 cm³/mol. The Morgan fingerprint density at radius 2 is 2.18 bits per heavy atom. The van der Waals surface area contributed by atoms with Crippen molar-refractivity contribution in [3.63, 3.8) is 0 Å². The molecule has 4 heteroatoms. The van der Waals surface area contributed by atoms with E-state index >= 15 is 0 Å². The molecule has 0 aliphatic carbocycles. The third-order valence-electron chi connectivity index (χ3n) is 2.49. The van der Waals surface area contributed by atoms with E-state index in [1.807, 2.05) is 19.1 Å². The van der Waals surface area contributed by atoms with E-state index in [9.17, 15) is 4.39 Å². The van der Waals surface area contributed by atoms with Crippen LogP contribution in [0.3, 0.4) is 0 Å². The Kier molecular flexibility index (Phi) is 3.74. The van der Waals surface area contributed by atoms with E-state index < -0.39 is 0 Å². The van der Waals surface area contributed by atoms with Gasteiger partial charge >= 0.3 is 0 Å². The average Bonchev–Trinajstić information content (AvgIpc) is 2.32. The van der Waals surface area contributed by atoms with Gasteiger partial charge in [-0.2, -0.15) is 0 Å². The van der Waals surface area contributed by atoms with Crippen LogP contribution in [0.2, 0.25) is 0 Å². The molecule has 1 N–H and O–H groups in total. The Morgan fingerprint density at radius 1 is 1.35 bits per heavy atom. The second kappa shape index (κ2) is 5.27. The van der Waals surface area contributed by atoms with Crippen LogP contribution in [0.4, 0.5) is 10.1 Å². The highest BCUT2D eigenvalue weighted by Crippen LogP contribution is 2.20. The molecule has 2 nitrogen and oxygen atoms in total. The fraction of sp³-hybridized carbons (Fsp3) is 0.154. The van der Waals surface area contributed by atoms with Crippen LogP contribution in [0.15, 0.2) is 41.0 Å². The van der Waals surface area contributed by atoms with E-state index in [0.717, 1.165) is 15.7 Å². The Balaban J connectivity index is 2.12. The number of aryl methyl sites for hydroxylation is 1. The molecular weight excluding hydrogens is 283 g/mol. The first-order valence-corrected chi connectivity index (χ1v) is 6.05. The van der Waals surface area contributed by atoms with Crippen molar-refractivity contribution in [1.29, 1.82) is 0 Å². The predicted octanol–water partition coefficient (Wildman–Crippen LogP) is 3.90. The summed E-state index contributed by atoms with van der Waals surface area (Å²) in [7, 11) is 0. The van der Waals surface area contributed by atoms with Crippen molar-refractivity contribution >= 4 is 21.6 Å². The lowest BCUT2D eigenvalue weighted by Gasteiger charge is -2.09. The van der Waals surface area contributed by atoms with Crippen molar-refractivity contribution < 1.29 is 4.39 Å². The first-order chi connectivity index (χ1) is 8.16. The topological polar surface area (TPSA) is 24.9 Å². The van der Waals surface area contributed by atoms with Gasteiger partial charge < -0.3 is 5.32 Å². The van der Waals surface area contributed by atoms with Crippen LogP contribution in [0.25, 0.3) is 0 Å². The molecule has 0 unspecified atom stereocenters. The minimum atomic E-state index is -0.262. The molecule has 0 saturated carbocycles. The van der Waals surface area contributed by atoms with Crippen molar-refractivity contribution in [3.8, 4) is 0 Å². The highest BCUT2D eigenvalue weighted by atomic mass is 79.9. The Labute approximate surface area is 108 Å². The molecule has 0 aliphatic heterocycles. The van der Waals surface area contributed by atoms with Gasteiger partial charge in [0.1, 0.15) is 5.82 Å². The number of nitrogens with one attached hydrogen (secondary N) is 1. The zero-order valence-corrected chi connectivity index (χ0v) is 11.0. The average molecular weight is 295 g/mol. The number of hydrogen-bond donors (Lipinski definition) is 1. The van der Waals surface area contributed by atoms with Gasteiger partial charge in [0.25, 0.3) is 0 Å². The highest BCUT2D eigenvalue weighted by Gasteiger charge is 2.04. The van der Waals surface area contributed by atoms with Crippen LogP contribution in [-0.2, 0) is 6.54 Å². The largest absolute Gasteiger partial charge is 0.377 e. The molecule has 0 amide bonds. The summed E-state index contributed by atoms with van der Waals surface area (Å²) in [5, 5.41) is 3.04. The molecule has 0 radical (unpaired) electrons. The first kappa shape index (κ1) is 12.0. The van der Waals surface area contributed by atoms with Crippen LogP contribution in [0.1, 0.15) is 11.3 Å². The lowest BCUT2D eigenvalue weighted by molar-refractivity contribution is 0.629. The number of aromatic nitrogens is 1. The van der Waals surface area contributed by atoms with Gasteiger partial charge in [0.05, 0.1) is 17.9 Å². The second-order valence-corrected chi connectivity index (χ2v) is 4.66. The van der Waals surface area contributed by atoms with Gasteiger partial charge in [-0.05, 0) is 36.8 Å². The summed E-state index contributed by atoms with van der Waals surface area (Å²) in [5.74, 6) is -0.262. The molecular formula is C13H12BrFN2. The molecule has 2 rings (SSSR count). The number of halogens is 2. The van der Waals surface area contributed by atoms with E-state index in [1.165, 1.54) is 6.07 Å². The number of benzene rings is 1. The van der Waals surface area contributed by atoms with E-state index in [4.69, 9.17) is 0 Å². The maximum absolute atomic E-state index is 13.5. The van der Waals surface area contributed by atoms with Gasteiger partial charge in [-0.25, -0.2) is 4.39 Å². The number of nitrogens with zero attached hydrogens (tertiary/aromatic N) is 1. The van der Waals surface area contributed by atoms with E-state index in [1.54, 1.807) is 18.3 Å². The molecule has 0 spiro atoms. The highest BCUT2D eigenvalue weighted by molar-refractivity contribution is 9.10. The number of pyridine rings is 1. The molecule has 1 heterocycles. The standard InChI is InChI=1S/C13H12BrFN2/c1-9-3-2-6-16-13(9)8-17-12-7-10(14)4-5-11(12)15/h2-7,17H,8H2,1H3. The molecule has 0 atom stereocenters. The van der Waals surface area contributed by atoms with Crippen LogP contribution in [0.5, 0.6) is 0 Å². The minimum absolute atomic E-state index is 0.262. The quantitative estimate of drug-likeness (QED) is 0.928. The molecule has 0 saturated heterocycles. The van der Waals surface area contributed by atoms with Crippen LogP contribution in [-0.4, -0.2) is 4.98 Å². The zero-order chi connectivity index (χ0) is 12.3. The summed E-state index contributed by atoms with van der Waals surface area (Å²) in [6.07, 6.45) is 1.74. The van der Waals surface area contributed by atoms with Gasteiger partial charge in [-0.15, -0.1) is 0 Å². The third kappa shape index (κ3) is 3.03. The summed E-state index contributed by atoms with van der Waals surface area (Å²) in [6, 6.07) is 8.69. The fourth-order valence-electron chi connectivity index (χ4n) is 1.52. The summed E-state index contributed by atoms with van der Waals surface area (Å²) in [4.78, 5) is 4.25. The summed E-state index contributed by atoms with van der Waals surface area (Å²) in [6.45, 7) is 2.50.